The zero-order chi connectivity index (χ0) is 18.4. The summed E-state index contributed by atoms with van der Waals surface area (Å²) in [7, 11) is 0. The second-order valence-corrected chi connectivity index (χ2v) is 6.72. The number of carboxylic acids is 1. The molecule has 5 heteroatoms. The summed E-state index contributed by atoms with van der Waals surface area (Å²) in [5.41, 5.74) is 6.30. The fourth-order valence-corrected chi connectivity index (χ4v) is 3.41. The molecule has 1 aliphatic rings. The molecule has 0 unspecified atom stereocenters. The van der Waals surface area contributed by atoms with Crippen molar-refractivity contribution in [2.75, 3.05) is 0 Å². The van der Waals surface area contributed by atoms with Gasteiger partial charge in [-0.3, -0.25) is 9.20 Å². The van der Waals surface area contributed by atoms with E-state index in [2.05, 4.69) is 43.1 Å². The largest absolute Gasteiger partial charge is 0.478 e. The van der Waals surface area contributed by atoms with Gasteiger partial charge in [0.1, 0.15) is 5.65 Å². The molecule has 130 valence electrons. The highest BCUT2D eigenvalue weighted by molar-refractivity contribution is 5.88. The van der Waals surface area contributed by atoms with Crippen LogP contribution in [0.15, 0.2) is 41.3 Å². The molecule has 0 amide bonds. The van der Waals surface area contributed by atoms with Crippen LogP contribution in [0.3, 0.4) is 0 Å². The molecule has 1 N–H and O–H groups in total. The van der Waals surface area contributed by atoms with Crippen molar-refractivity contribution in [3.05, 3.63) is 80.4 Å². The van der Waals surface area contributed by atoms with Gasteiger partial charge in [-0.2, -0.15) is 0 Å². The molecule has 2 heterocycles. The number of hydrogen-bond acceptors (Lipinski definition) is 3. The van der Waals surface area contributed by atoms with E-state index in [0.717, 1.165) is 23.3 Å². The number of hydrogen-bond donors (Lipinski definition) is 1. The van der Waals surface area contributed by atoms with Crippen LogP contribution >= 0.6 is 0 Å². The summed E-state index contributed by atoms with van der Waals surface area (Å²) in [5.74, 6) is -1.06. The van der Waals surface area contributed by atoms with Gasteiger partial charge in [0.25, 0.3) is 5.56 Å². The lowest BCUT2D eigenvalue weighted by molar-refractivity contribution is 0.0696. The van der Waals surface area contributed by atoms with Crippen molar-refractivity contribution < 1.29 is 9.90 Å². The van der Waals surface area contributed by atoms with Crippen LogP contribution in [0.25, 0.3) is 17.3 Å². The molecule has 2 aromatic heterocycles. The Morgan fingerprint density at radius 1 is 1.19 bits per heavy atom. The number of aryl methyl sites for hydroxylation is 2. The van der Waals surface area contributed by atoms with Gasteiger partial charge in [-0.05, 0) is 61.6 Å². The number of rotatable bonds is 2. The first-order chi connectivity index (χ1) is 12.4. The molecule has 0 atom stereocenters. The summed E-state index contributed by atoms with van der Waals surface area (Å²) < 4.78 is 1.34. The summed E-state index contributed by atoms with van der Waals surface area (Å²) in [6.45, 7) is 4.13. The molecule has 0 radical (unpaired) electrons. The average molecular weight is 346 g/mol. The SMILES string of the molecule is Cc1ccc(C)c(C=C2CCc3c2nc2ccc(C(=O)O)cn2c3=O)c1. The van der Waals surface area contributed by atoms with Gasteiger partial charge in [-0.25, -0.2) is 9.78 Å². The quantitative estimate of drug-likeness (QED) is 0.771. The summed E-state index contributed by atoms with van der Waals surface area (Å²) in [5, 5.41) is 9.14. The van der Waals surface area contributed by atoms with E-state index in [-0.39, 0.29) is 11.1 Å². The predicted octanol–water partition coefficient (Wildman–Crippen LogP) is 3.50. The van der Waals surface area contributed by atoms with Crippen LogP contribution < -0.4 is 5.56 Å². The molecule has 0 bridgehead atoms. The Balaban J connectivity index is 1.90. The third-order valence-corrected chi connectivity index (χ3v) is 4.88. The zero-order valence-electron chi connectivity index (χ0n) is 14.6. The fraction of sp³-hybridized carbons (Fsp3) is 0.190. The van der Waals surface area contributed by atoms with Crippen LogP contribution in [0.1, 0.15) is 44.7 Å². The number of allylic oxidation sites excluding steroid dienone is 1. The van der Waals surface area contributed by atoms with E-state index in [4.69, 9.17) is 5.11 Å². The van der Waals surface area contributed by atoms with Crippen molar-refractivity contribution in [2.45, 2.75) is 26.7 Å². The smallest absolute Gasteiger partial charge is 0.337 e. The number of carboxylic acid groups (broad SMARTS) is 1. The molecule has 26 heavy (non-hydrogen) atoms. The van der Waals surface area contributed by atoms with E-state index in [9.17, 15) is 9.59 Å². The maximum atomic E-state index is 12.8. The van der Waals surface area contributed by atoms with Gasteiger partial charge in [0, 0.05) is 11.8 Å². The monoisotopic (exact) mass is 346 g/mol. The highest BCUT2D eigenvalue weighted by Gasteiger charge is 2.23. The van der Waals surface area contributed by atoms with E-state index in [1.807, 2.05) is 0 Å². The molecule has 4 rings (SSSR count). The highest BCUT2D eigenvalue weighted by Crippen LogP contribution is 2.31. The summed E-state index contributed by atoms with van der Waals surface area (Å²) >= 11 is 0. The first-order valence-corrected chi connectivity index (χ1v) is 8.51. The standard InChI is InChI=1S/C21H18N2O3/c1-12-3-4-13(2)16(9-12)10-14-5-7-17-19(14)22-18-8-6-15(21(25)26)11-23(18)20(17)24/h3-4,6,8-11H,5,7H2,1-2H3,(H,25,26). The first-order valence-electron chi connectivity index (χ1n) is 8.51. The van der Waals surface area contributed by atoms with Crippen molar-refractivity contribution in [2.24, 2.45) is 0 Å². The molecule has 0 saturated heterocycles. The molecule has 1 aliphatic carbocycles. The number of nitrogens with zero attached hydrogens (tertiary/aromatic N) is 2. The first kappa shape index (κ1) is 16.3. The van der Waals surface area contributed by atoms with E-state index in [0.29, 0.717) is 17.6 Å². The van der Waals surface area contributed by atoms with Crippen molar-refractivity contribution in [1.82, 2.24) is 9.38 Å². The minimum absolute atomic E-state index is 0.0745. The molecule has 3 aromatic rings. The lowest BCUT2D eigenvalue weighted by Crippen LogP contribution is -2.20. The molecule has 0 spiro atoms. The summed E-state index contributed by atoms with van der Waals surface area (Å²) in [6.07, 6.45) is 4.84. The summed E-state index contributed by atoms with van der Waals surface area (Å²) in [4.78, 5) is 28.6. The Morgan fingerprint density at radius 2 is 2.00 bits per heavy atom. The van der Waals surface area contributed by atoms with Crippen molar-refractivity contribution in [3.63, 3.8) is 0 Å². The van der Waals surface area contributed by atoms with Gasteiger partial charge in [0.05, 0.1) is 11.3 Å². The Kier molecular flexibility index (Phi) is 3.72. The van der Waals surface area contributed by atoms with Gasteiger partial charge in [-0.1, -0.05) is 23.8 Å². The number of aromatic nitrogens is 2. The zero-order valence-corrected chi connectivity index (χ0v) is 14.6. The lowest BCUT2D eigenvalue weighted by Gasteiger charge is -2.07. The minimum Gasteiger partial charge on any atom is -0.478 e. The summed E-state index contributed by atoms with van der Waals surface area (Å²) in [6, 6.07) is 9.36. The number of fused-ring (bicyclic) bond motifs is 2. The maximum Gasteiger partial charge on any atom is 0.337 e. The third kappa shape index (κ3) is 2.62. The van der Waals surface area contributed by atoms with Gasteiger partial charge < -0.3 is 5.11 Å². The lowest BCUT2D eigenvalue weighted by atomic mass is 10.0. The second kappa shape index (κ2) is 5.95. The van der Waals surface area contributed by atoms with Crippen molar-refractivity contribution in [1.29, 1.82) is 0 Å². The Bertz CT molecular complexity index is 1160. The Morgan fingerprint density at radius 3 is 2.77 bits per heavy atom. The molecular weight excluding hydrogens is 328 g/mol. The average Bonchev–Trinajstić information content (AvgIpc) is 3.01. The van der Waals surface area contributed by atoms with Crippen LogP contribution in [0, 0.1) is 13.8 Å². The number of pyridine rings is 1. The molecule has 5 nitrogen and oxygen atoms in total. The second-order valence-electron chi connectivity index (χ2n) is 6.72. The Labute approximate surface area is 150 Å². The molecule has 0 fully saturated rings. The van der Waals surface area contributed by atoms with Crippen molar-refractivity contribution >= 4 is 23.3 Å². The third-order valence-electron chi connectivity index (χ3n) is 4.88. The normalized spacial score (nSPS) is 14.8. The molecule has 0 saturated carbocycles. The van der Waals surface area contributed by atoms with Gasteiger partial charge in [-0.15, -0.1) is 0 Å². The Hall–Kier alpha value is -3.21. The van der Waals surface area contributed by atoms with Crippen LogP contribution in [0.2, 0.25) is 0 Å². The highest BCUT2D eigenvalue weighted by atomic mass is 16.4. The van der Waals surface area contributed by atoms with E-state index < -0.39 is 5.97 Å². The van der Waals surface area contributed by atoms with Gasteiger partial charge >= 0.3 is 5.97 Å². The van der Waals surface area contributed by atoms with Crippen LogP contribution in [-0.4, -0.2) is 20.5 Å². The molecule has 1 aromatic carbocycles. The van der Waals surface area contributed by atoms with Crippen LogP contribution in [0.5, 0.6) is 0 Å². The number of carbonyl (C=O) groups is 1. The van der Waals surface area contributed by atoms with E-state index >= 15 is 0 Å². The van der Waals surface area contributed by atoms with Gasteiger partial charge in [0.15, 0.2) is 0 Å². The topological polar surface area (TPSA) is 71.7 Å². The minimum atomic E-state index is -1.06. The van der Waals surface area contributed by atoms with Crippen LogP contribution in [0.4, 0.5) is 0 Å². The number of aromatic carboxylic acids is 1. The number of benzene rings is 1. The predicted molar refractivity (Wildman–Crippen MR) is 101 cm³/mol. The fourth-order valence-electron chi connectivity index (χ4n) is 3.41. The molecular formula is C21H18N2O3. The van der Waals surface area contributed by atoms with Gasteiger partial charge in [0.2, 0.25) is 0 Å². The van der Waals surface area contributed by atoms with E-state index in [1.165, 1.54) is 27.8 Å². The molecule has 0 aliphatic heterocycles. The van der Waals surface area contributed by atoms with E-state index in [1.54, 1.807) is 6.07 Å². The van der Waals surface area contributed by atoms with Crippen LogP contribution in [-0.2, 0) is 6.42 Å². The van der Waals surface area contributed by atoms with Crippen molar-refractivity contribution in [3.8, 4) is 0 Å². The maximum absolute atomic E-state index is 12.8.